The molecule has 20 heavy (non-hydrogen) atoms. The van der Waals surface area contributed by atoms with Gasteiger partial charge in [-0.05, 0) is 23.6 Å². The van der Waals surface area contributed by atoms with Crippen molar-refractivity contribution in [3.05, 3.63) is 52.0 Å². The summed E-state index contributed by atoms with van der Waals surface area (Å²) in [4.78, 5) is 4.19. The van der Waals surface area contributed by atoms with Crippen LogP contribution < -0.4 is 0 Å². The summed E-state index contributed by atoms with van der Waals surface area (Å²) in [6.45, 7) is 0. The average Bonchev–Trinajstić information content (AvgIpc) is 2.97. The van der Waals surface area contributed by atoms with Gasteiger partial charge in [0, 0.05) is 32.2 Å². The maximum Gasteiger partial charge on any atom is 0.416 e. The largest absolute Gasteiger partial charge is 0.416 e. The SMILES string of the molecule is OC(c1cc2sccc2s1)c1cnccc1C(F)(F)F. The maximum atomic E-state index is 12.9. The highest BCUT2D eigenvalue weighted by atomic mass is 32.1. The molecule has 0 aliphatic heterocycles. The van der Waals surface area contributed by atoms with Gasteiger partial charge in [0.15, 0.2) is 0 Å². The van der Waals surface area contributed by atoms with Crippen molar-refractivity contribution in [1.29, 1.82) is 0 Å². The molecule has 2 nitrogen and oxygen atoms in total. The summed E-state index contributed by atoms with van der Waals surface area (Å²) in [5.41, 5.74) is -1.06. The van der Waals surface area contributed by atoms with E-state index in [0.29, 0.717) is 4.88 Å². The molecule has 0 spiro atoms. The van der Waals surface area contributed by atoms with Crippen molar-refractivity contribution < 1.29 is 18.3 Å². The zero-order valence-electron chi connectivity index (χ0n) is 9.89. The second kappa shape index (κ2) is 4.83. The smallest absolute Gasteiger partial charge is 0.383 e. The highest BCUT2D eigenvalue weighted by Gasteiger charge is 2.35. The Labute approximate surface area is 120 Å². The van der Waals surface area contributed by atoms with Crippen LogP contribution in [0.4, 0.5) is 13.2 Å². The maximum absolute atomic E-state index is 12.9. The van der Waals surface area contributed by atoms with E-state index in [-0.39, 0.29) is 5.56 Å². The third-order valence-corrected chi connectivity index (χ3v) is 5.03. The van der Waals surface area contributed by atoms with E-state index in [9.17, 15) is 18.3 Å². The van der Waals surface area contributed by atoms with Gasteiger partial charge in [-0.15, -0.1) is 22.7 Å². The zero-order chi connectivity index (χ0) is 14.3. The van der Waals surface area contributed by atoms with E-state index < -0.39 is 17.8 Å². The number of fused-ring (bicyclic) bond motifs is 1. The number of thiophene rings is 2. The molecule has 3 aromatic rings. The standard InChI is InChI=1S/C13H8F3NOS2/c14-13(15,16)8-1-3-17-6-7(8)12(18)11-5-10-9(20-11)2-4-19-10/h1-6,12,18H. The van der Waals surface area contributed by atoms with E-state index in [1.54, 1.807) is 6.07 Å². The van der Waals surface area contributed by atoms with Crippen molar-refractivity contribution in [1.82, 2.24) is 4.98 Å². The Balaban J connectivity index is 2.06. The highest BCUT2D eigenvalue weighted by Crippen LogP contribution is 2.40. The van der Waals surface area contributed by atoms with Crippen LogP contribution >= 0.6 is 22.7 Å². The van der Waals surface area contributed by atoms with Gasteiger partial charge in [-0.3, -0.25) is 4.98 Å². The first kappa shape index (κ1) is 13.5. The fourth-order valence-electron chi connectivity index (χ4n) is 1.96. The number of alkyl halides is 3. The van der Waals surface area contributed by atoms with Gasteiger partial charge in [0.05, 0.1) is 5.56 Å². The van der Waals surface area contributed by atoms with Gasteiger partial charge in [0.1, 0.15) is 6.10 Å². The van der Waals surface area contributed by atoms with E-state index in [4.69, 9.17) is 0 Å². The molecule has 0 aliphatic carbocycles. The second-order valence-electron chi connectivity index (χ2n) is 4.16. The number of hydrogen-bond donors (Lipinski definition) is 1. The lowest BCUT2D eigenvalue weighted by atomic mass is 10.0. The Hall–Kier alpha value is -1.44. The van der Waals surface area contributed by atoms with Crippen LogP contribution in [0.15, 0.2) is 36.0 Å². The van der Waals surface area contributed by atoms with Gasteiger partial charge >= 0.3 is 6.18 Å². The lowest BCUT2D eigenvalue weighted by molar-refractivity contribution is -0.139. The molecule has 0 saturated heterocycles. The van der Waals surface area contributed by atoms with Crippen molar-refractivity contribution in [3.63, 3.8) is 0 Å². The van der Waals surface area contributed by atoms with Crippen LogP contribution in [0, 0.1) is 0 Å². The molecule has 3 rings (SSSR count). The molecule has 7 heteroatoms. The van der Waals surface area contributed by atoms with E-state index >= 15 is 0 Å². The van der Waals surface area contributed by atoms with Gasteiger partial charge in [-0.2, -0.15) is 13.2 Å². The van der Waals surface area contributed by atoms with Crippen molar-refractivity contribution in [3.8, 4) is 0 Å². The summed E-state index contributed by atoms with van der Waals surface area (Å²) in [5, 5.41) is 12.1. The highest BCUT2D eigenvalue weighted by molar-refractivity contribution is 7.26. The van der Waals surface area contributed by atoms with Crippen molar-refractivity contribution in [2.45, 2.75) is 12.3 Å². The topological polar surface area (TPSA) is 33.1 Å². The number of hydrogen-bond acceptors (Lipinski definition) is 4. The summed E-state index contributed by atoms with van der Waals surface area (Å²) in [7, 11) is 0. The van der Waals surface area contributed by atoms with Gasteiger partial charge < -0.3 is 5.11 Å². The number of pyridine rings is 1. The number of nitrogens with zero attached hydrogens (tertiary/aromatic N) is 1. The monoisotopic (exact) mass is 315 g/mol. The number of rotatable bonds is 2. The molecule has 3 aromatic heterocycles. The molecule has 1 unspecified atom stereocenters. The lowest BCUT2D eigenvalue weighted by Crippen LogP contribution is -2.12. The quantitative estimate of drug-likeness (QED) is 0.757. The summed E-state index contributed by atoms with van der Waals surface area (Å²) in [6.07, 6.45) is -3.67. The number of aliphatic hydroxyl groups is 1. The van der Waals surface area contributed by atoms with Crippen LogP contribution in [-0.4, -0.2) is 10.1 Å². The Kier molecular flexibility index (Phi) is 3.27. The van der Waals surface area contributed by atoms with Crippen LogP contribution in [0.1, 0.15) is 22.1 Å². The van der Waals surface area contributed by atoms with E-state index in [1.165, 1.54) is 22.7 Å². The summed E-state index contributed by atoms with van der Waals surface area (Å²) >= 11 is 2.78. The van der Waals surface area contributed by atoms with Gasteiger partial charge in [0.25, 0.3) is 0 Å². The van der Waals surface area contributed by atoms with E-state index in [1.807, 2.05) is 11.4 Å². The predicted molar refractivity (Wildman–Crippen MR) is 73.0 cm³/mol. The van der Waals surface area contributed by atoms with Crippen LogP contribution in [0.25, 0.3) is 9.40 Å². The molecule has 104 valence electrons. The van der Waals surface area contributed by atoms with Crippen molar-refractivity contribution in [2.75, 3.05) is 0 Å². The summed E-state index contributed by atoms with van der Waals surface area (Å²) < 4.78 is 40.7. The minimum absolute atomic E-state index is 0.214. The molecule has 0 bridgehead atoms. The molecular formula is C13H8F3NOS2. The molecule has 1 atom stereocenters. The molecule has 1 N–H and O–H groups in total. The summed E-state index contributed by atoms with van der Waals surface area (Å²) in [5.74, 6) is 0. The molecule has 0 fully saturated rings. The number of aliphatic hydroxyl groups excluding tert-OH is 1. The van der Waals surface area contributed by atoms with E-state index in [0.717, 1.165) is 27.9 Å². The van der Waals surface area contributed by atoms with Gasteiger partial charge in [0.2, 0.25) is 0 Å². The fourth-order valence-corrected chi connectivity index (χ4v) is 4.08. The second-order valence-corrected chi connectivity index (χ2v) is 6.22. The minimum atomic E-state index is -4.51. The predicted octanol–water partition coefficient (Wildman–Crippen LogP) is 4.46. The molecule has 0 saturated carbocycles. The van der Waals surface area contributed by atoms with Crippen LogP contribution in [0.3, 0.4) is 0 Å². The Morgan fingerprint density at radius 1 is 1.20 bits per heavy atom. The summed E-state index contributed by atoms with van der Waals surface area (Å²) in [6, 6.07) is 4.49. The van der Waals surface area contributed by atoms with Crippen LogP contribution in [0.5, 0.6) is 0 Å². The third kappa shape index (κ3) is 2.32. The molecule has 0 aliphatic rings. The fraction of sp³-hybridized carbons (Fsp3) is 0.154. The molecule has 3 heterocycles. The normalized spacial score (nSPS) is 13.8. The molecular weight excluding hydrogens is 307 g/mol. The lowest BCUT2D eigenvalue weighted by Gasteiger charge is -2.15. The Morgan fingerprint density at radius 3 is 2.70 bits per heavy atom. The van der Waals surface area contributed by atoms with Crippen LogP contribution in [0.2, 0.25) is 0 Å². The Bertz CT molecular complexity index is 719. The Morgan fingerprint density at radius 2 is 2.00 bits per heavy atom. The zero-order valence-corrected chi connectivity index (χ0v) is 11.5. The van der Waals surface area contributed by atoms with Gasteiger partial charge in [-0.25, -0.2) is 0 Å². The molecule has 0 aromatic carbocycles. The van der Waals surface area contributed by atoms with Crippen molar-refractivity contribution >= 4 is 32.1 Å². The number of halogens is 3. The first-order valence-corrected chi connectivity index (χ1v) is 7.32. The van der Waals surface area contributed by atoms with Crippen LogP contribution in [-0.2, 0) is 6.18 Å². The first-order chi connectivity index (χ1) is 9.47. The van der Waals surface area contributed by atoms with Crippen molar-refractivity contribution in [2.24, 2.45) is 0 Å². The van der Waals surface area contributed by atoms with Gasteiger partial charge in [-0.1, -0.05) is 0 Å². The van der Waals surface area contributed by atoms with E-state index in [2.05, 4.69) is 4.98 Å². The average molecular weight is 315 g/mol. The third-order valence-electron chi connectivity index (χ3n) is 2.88. The number of aromatic nitrogens is 1. The first-order valence-electron chi connectivity index (χ1n) is 5.63. The molecule has 0 radical (unpaired) electrons. The molecule has 0 amide bonds. The minimum Gasteiger partial charge on any atom is -0.383 e.